The number of rotatable bonds is 5. The Morgan fingerprint density at radius 3 is 2.21 bits per heavy atom. The molecule has 0 aliphatic carbocycles. The van der Waals surface area contributed by atoms with E-state index < -0.39 is 0 Å². The van der Waals surface area contributed by atoms with E-state index in [-0.39, 0.29) is 0 Å². The van der Waals surface area contributed by atoms with Gasteiger partial charge in [-0.1, -0.05) is 56.0 Å². The van der Waals surface area contributed by atoms with E-state index in [0.29, 0.717) is 0 Å². The van der Waals surface area contributed by atoms with Gasteiger partial charge in [0.15, 0.2) is 0 Å². The number of allylic oxidation sites excluding steroid dienone is 8. The summed E-state index contributed by atoms with van der Waals surface area (Å²) in [5.74, 6) is 0. The fourth-order valence-corrected chi connectivity index (χ4v) is 1.14. The van der Waals surface area contributed by atoms with Crippen molar-refractivity contribution in [3.05, 3.63) is 60.3 Å². The second kappa shape index (κ2) is 7.14. The number of hydrogen-bond donors (Lipinski definition) is 0. The molecule has 0 amide bonds. The monoisotopic (exact) mass is 188 g/mol. The van der Waals surface area contributed by atoms with Crippen molar-refractivity contribution < 1.29 is 0 Å². The van der Waals surface area contributed by atoms with Gasteiger partial charge in [0.05, 0.1) is 0 Å². The van der Waals surface area contributed by atoms with Crippen molar-refractivity contribution >= 4 is 0 Å². The van der Waals surface area contributed by atoms with Crippen LogP contribution in [0, 0.1) is 0 Å². The Kier molecular flexibility index (Phi) is 6.47. The molecule has 0 aliphatic rings. The lowest BCUT2D eigenvalue weighted by molar-refractivity contribution is 1.20. The molecule has 0 heterocycles. The molecule has 0 nitrogen and oxygen atoms in total. The van der Waals surface area contributed by atoms with E-state index >= 15 is 0 Å². The van der Waals surface area contributed by atoms with Crippen LogP contribution in [0.15, 0.2) is 60.3 Å². The van der Waals surface area contributed by atoms with Crippen LogP contribution in [0.4, 0.5) is 0 Å². The second-order valence-corrected chi connectivity index (χ2v) is 3.20. The van der Waals surface area contributed by atoms with Crippen LogP contribution in [0.3, 0.4) is 0 Å². The highest BCUT2D eigenvalue weighted by molar-refractivity contribution is 5.46. The standard InChI is InChI=1S/C14H20/c1-6-9-14(11-10-12(4)5)13(7-2)8-3/h7-11H,2,4,6H2,1,3,5H3/b11-10-,13-8+,14-9+. The Morgan fingerprint density at radius 2 is 1.86 bits per heavy atom. The van der Waals surface area contributed by atoms with Crippen LogP contribution in [0.25, 0.3) is 0 Å². The van der Waals surface area contributed by atoms with Crippen LogP contribution in [-0.4, -0.2) is 0 Å². The molecule has 0 radical (unpaired) electrons. The molecule has 0 aromatic carbocycles. The van der Waals surface area contributed by atoms with Gasteiger partial charge in [-0.2, -0.15) is 0 Å². The topological polar surface area (TPSA) is 0 Å². The van der Waals surface area contributed by atoms with Crippen molar-refractivity contribution in [1.82, 2.24) is 0 Å². The maximum absolute atomic E-state index is 3.84. The third kappa shape index (κ3) is 4.66. The first-order chi connectivity index (χ1) is 6.65. The molecule has 0 heteroatoms. The zero-order valence-electron chi connectivity index (χ0n) is 9.51. The molecule has 0 rings (SSSR count). The summed E-state index contributed by atoms with van der Waals surface area (Å²) in [6.07, 6.45) is 11.3. The Balaban J connectivity index is 4.87. The van der Waals surface area contributed by atoms with E-state index in [0.717, 1.165) is 12.0 Å². The van der Waals surface area contributed by atoms with Gasteiger partial charge in [0, 0.05) is 0 Å². The molecule has 0 N–H and O–H groups in total. The fraction of sp³-hybridized carbons (Fsp3) is 0.286. The van der Waals surface area contributed by atoms with Crippen LogP contribution in [0.1, 0.15) is 27.2 Å². The summed E-state index contributed by atoms with van der Waals surface area (Å²) in [5.41, 5.74) is 3.45. The second-order valence-electron chi connectivity index (χ2n) is 3.20. The van der Waals surface area contributed by atoms with E-state index in [1.807, 2.05) is 26.0 Å². The lowest BCUT2D eigenvalue weighted by Crippen LogP contribution is -1.82. The van der Waals surface area contributed by atoms with Gasteiger partial charge in [-0.25, -0.2) is 0 Å². The van der Waals surface area contributed by atoms with Crippen molar-refractivity contribution in [1.29, 1.82) is 0 Å². The van der Waals surface area contributed by atoms with Crippen molar-refractivity contribution in [2.45, 2.75) is 27.2 Å². The molecule has 0 fully saturated rings. The van der Waals surface area contributed by atoms with Gasteiger partial charge in [-0.05, 0) is 31.4 Å². The molecule has 76 valence electrons. The van der Waals surface area contributed by atoms with E-state index in [2.05, 4.69) is 38.3 Å². The summed E-state index contributed by atoms with van der Waals surface area (Å²) in [5, 5.41) is 0. The van der Waals surface area contributed by atoms with E-state index in [9.17, 15) is 0 Å². The molecule has 14 heavy (non-hydrogen) atoms. The maximum atomic E-state index is 3.84. The van der Waals surface area contributed by atoms with E-state index in [1.165, 1.54) is 11.1 Å². The van der Waals surface area contributed by atoms with Crippen molar-refractivity contribution in [2.24, 2.45) is 0 Å². The summed E-state index contributed by atoms with van der Waals surface area (Å²) in [4.78, 5) is 0. The SMILES string of the molecule is C=CC(=C\C)/C(/C=C\C(=C)C)=C/CC. The summed E-state index contributed by atoms with van der Waals surface area (Å²) in [7, 11) is 0. The van der Waals surface area contributed by atoms with Crippen molar-refractivity contribution in [2.75, 3.05) is 0 Å². The van der Waals surface area contributed by atoms with Gasteiger partial charge < -0.3 is 0 Å². The lowest BCUT2D eigenvalue weighted by atomic mass is 10.0. The van der Waals surface area contributed by atoms with Gasteiger partial charge in [-0.3, -0.25) is 0 Å². The zero-order valence-corrected chi connectivity index (χ0v) is 9.51. The summed E-state index contributed by atoms with van der Waals surface area (Å²) >= 11 is 0. The quantitative estimate of drug-likeness (QED) is 0.554. The third-order valence-electron chi connectivity index (χ3n) is 1.84. The molecule has 0 unspecified atom stereocenters. The first-order valence-corrected chi connectivity index (χ1v) is 4.98. The Labute approximate surface area is 88.0 Å². The predicted molar refractivity (Wildman–Crippen MR) is 66.3 cm³/mol. The minimum Gasteiger partial charge on any atom is -0.0985 e. The molecule has 0 saturated carbocycles. The van der Waals surface area contributed by atoms with Crippen LogP contribution in [-0.2, 0) is 0 Å². The van der Waals surface area contributed by atoms with Gasteiger partial charge in [0.2, 0.25) is 0 Å². The maximum Gasteiger partial charge on any atom is -0.0228 e. The highest BCUT2D eigenvalue weighted by Crippen LogP contribution is 2.14. The highest BCUT2D eigenvalue weighted by Gasteiger charge is 1.94. The van der Waals surface area contributed by atoms with Gasteiger partial charge in [0.25, 0.3) is 0 Å². The predicted octanol–water partition coefficient (Wildman–Crippen LogP) is 4.59. The normalized spacial score (nSPS) is 13.4. The molecular weight excluding hydrogens is 168 g/mol. The number of hydrogen-bond acceptors (Lipinski definition) is 0. The Bertz CT molecular complexity index is 285. The molecule has 0 aromatic heterocycles. The van der Waals surface area contributed by atoms with Crippen LogP contribution >= 0.6 is 0 Å². The van der Waals surface area contributed by atoms with Gasteiger partial charge in [-0.15, -0.1) is 0 Å². The van der Waals surface area contributed by atoms with Crippen LogP contribution in [0.2, 0.25) is 0 Å². The van der Waals surface area contributed by atoms with Crippen LogP contribution in [0.5, 0.6) is 0 Å². The Morgan fingerprint density at radius 1 is 1.21 bits per heavy atom. The first-order valence-electron chi connectivity index (χ1n) is 4.98. The van der Waals surface area contributed by atoms with E-state index in [4.69, 9.17) is 0 Å². The van der Waals surface area contributed by atoms with Gasteiger partial charge in [0.1, 0.15) is 0 Å². The van der Waals surface area contributed by atoms with Gasteiger partial charge >= 0.3 is 0 Å². The average Bonchev–Trinajstić information content (AvgIpc) is 2.15. The molecule has 0 spiro atoms. The third-order valence-corrected chi connectivity index (χ3v) is 1.84. The molecule has 0 bridgehead atoms. The summed E-state index contributed by atoms with van der Waals surface area (Å²) in [6.45, 7) is 13.8. The molecule has 0 saturated heterocycles. The molecule has 0 aromatic rings. The minimum absolute atomic E-state index is 1.03. The molecular formula is C14H20. The fourth-order valence-electron chi connectivity index (χ4n) is 1.14. The molecule has 0 aliphatic heterocycles. The lowest BCUT2D eigenvalue weighted by Gasteiger charge is -2.02. The zero-order chi connectivity index (χ0) is 11.0. The van der Waals surface area contributed by atoms with Crippen molar-refractivity contribution in [3.63, 3.8) is 0 Å². The summed E-state index contributed by atoms with van der Waals surface area (Å²) in [6, 6.07) is 0. The summed E-state index contributed by atoms with van der Waals surface area (Å²) < 4.78 is 0. The van der Waals surface area contributed by atoms with Crippen LogP contribution < -0.4 is 0 Å². The van der Waals surface area contributed by atoms with Crippen molar-refractivity contribution in [3.8, 4) is 0 Å². The smallest absolute Gasteiger partial charge is 0.0228 e. The Hall–Kier alpha value is -1.30. The first kappa shape index (κ1) is 12.7. The average molecular weight is 188 g/mol. The molecule has 0 atom stereocenters. The highest BCUT2D eigenvalue weighted by atomic mass is 14.0. The minimum atomic E-state index is 1.03. The largest absolute Gasteiger partial charge is 0.0985 e. The van der Waals surface area contributed by atoms with E-state index in [1.54, 1.807) is 0 Å².